The lowest BCUT2D eigenvalue weighted by molar-refractivity contribution is 0.594. The highest BCUT2D eigenvalue weighted by Crippen LogP contribution is 2.35. The summed E-state index contributed by atoms with van der Waals surface area (Å²) in [6.45, 7) is 0.342. The van der Waals surface area contributed by atoms with E-state index in [0.717, 1.165) is 22.5 Å². The van der Waals surface area contributed by atoms with Gasteiger partial charge < -0.3 is 0 Å². The van der Waals surface area contributed by atoms with E-state index in [2.05, 4.69) is 0 Å². The third-order valence-electron chi connectivity index (χ3n) is 3.23. The van der Waals surface area contributed by atoms with Gasteiger partial charge in [-0.15, -0.1) is 22.9 Å². The smallest absolute Gasteiger partial charge is 0.265 e. The lowest BCUT2D eigenvalue weighted by atomic mass is 10.2. The molecule has 1 aromatic carbocycles. The highest BCUT2D eigenvalue weighted by atomic mass is 35.5. The summed E-state index contributed by atoms with van der Waals surface area (Å²) in [6.07, 6.45) is 0.600. The highest BCUT2D eigenvalue weighted by molar-refractivity contribution is 7.94. The van der Waals surface area contributed by atoms with Crippen LogP contribution in [0.25, 0.3) is 0 Å². The van der Waals surface area contributed by atoms with Crippen LogP contribution < -0.4 is 4.31 Å². The minimum Gasteiger partial charge on any atom is -0.265 e. The zero-order valence-corrected chi connectivity index (χ0v) is 12.7. The number of halogens is 2. The molecule has 1 aromatic heterocycles. The molecule has 0 saturated heterocycles. The van der Waals surface area contributed by atoms with Gasteiger partial charge in [0, 0.05) is 12.4 Å². The molecule has 7 heteroatoms. The van der Waals surface area contributed by atoms with Gasteiger partial charge in [0.25, 0.3) is 10.0 Å². The van der Waals surface area contributed by atoms with Crippen molar-refractivity contribution in [2.45, 2.75) is 16.5 Å². The van der Waals surface area contributed by atoms with Gasteiger partial charge in [-0.3, -0.25) is 4.31 Å². The number of hydrogen-bond donors (Lipinski definition) is 0. The largest absolute Gasteiger partial charge is 0.273 e. The van der Waals surface area contributed by atoms with Crippen LogP contribution in [-0.4, -0.2) is 15.0 Å². The maximum absolute atomic E-state index is 13.3. The summed E-state index contributed by atoms with van der Waals surface area (Å²) in [6, 6.07) is 5.84. The van der Waals surface area contributed by atoms with Crippen LogP contribution in [-0.2, 0) is 22.3 Å². The van der Waals surface area contributed by atoms with Crippen LogP contribution in [0.4, 0.5) is 10.1 Å². The van der Waals surface area contributed by atoms with E-state index in [1.54, 1.807) is 17.5 Å². The van der Waals surface area contributed by atoms with E-state index in [0.29, 0.717) is 18.7 Å². The van der Waals surface area contributed by atoms with E-state index in [9.17, 15) is 12.8 Å². The van der Waals surface area contributed by atoms with Crippen LogP contribution >= 0.6 is 22.9 Å². The molecule has 0 radical (unpaired) electrons. The predicted octanol–water partition coefficient (Wildman–Crippen LogP) is 3.38. The topological polar surface area (TPSA) is 37.4 Å². The van der Waals surface area contributed by atoms with Crippen molar-refractivity contribution in [1.29, 1.82) is 0 Å². The fraction of sp³-hybridized carbons (Fsp3) is 0.231. The van der Waals surface area contributed by atoms with E-state index in [4.69, 9.17) is 11.6 Å². The summed E-state index contributed by atoms with van der Waals surface area (Å²) in [5, 5.41) is 1.72. The molecule has 3 nitrogen and oxygen atoms in total. The number of fused-ring (bicyclic) bond motifs is 1. The first-order valence-electron chi connectivity index (χ1n) is 5.97. The molecule has 106 valence electrons. The van der Waals surface area contributed by atoms with Gasteiger partial charge in [0.15, 0.2) is 0 Å². The molecule has 0 fully saturated rings. The zero-order chi connectivity index (χ0) is 14.3. The molecule has 0 bridgehead atoms. The molecular weight excluding hydrogens is 321 g/mol. The van der Waals surface area contributed by atoms with Gasteiger partial charge in [0.05, 0.1) is 5.69 Å². The Balaban J connectivity index is 2.04. The lowest BCUT2D eigenvalue weighted by Gasteiger charge is -2.18. The van der Waals surface area contributed by atoms with Crippen molar-refractivity contribution >= 4 is 38.6 Å². The van der Waals surface area contributed by atoms with Crippen LogP contribution in [0.3, 0.4) is 0 Å². The third-order valence-corrected chi connectivity index (χ3v) is 6.81. The van der Waals surface area contributed by atoms with Gasteiger partial charge >= 0.3 is 0 Å². The van der Waals surface area contributed by atoms with Crippen molar-refractivity contribution in [2.75, 3.05) is 10.8 Å². The normalized spacial score (nSPS) is 14.6. The van der Waals surface area contributed by atoms with E-state index in [-0.39, 0.29) is 10.1 Å². The van der Waals surface area contributed by atoms with E-state index in [1.807, 2.05) is 0 Å². The molecule has 0 spiro atoms. The quantitative estimate of drug-likeness (QED) is 0.809. The van der Waals surface area contributed by atoms with Crippen molar-refractivity contribution in [3.05, 3.63) is 46.6 Å². The van der Waals surface area contributed by atoms with Gasteiger partial charge in [-0.25, -0.2) is 12.8 Å². The average molecular weight is 332 g/mol. The van der Waals surface area contributed by atoms with Crippen LogP contribution in [0, 0.1) is 5.82 Å². The fourth-order valence-corrected chi connectivity index (χ4v) is 5.30. The minimum absolute atomic E-state index is 0.241. The number of hydrogen-bond acceptors (Lipinski definition) is 3. The molecule has 0 saturated carbocycles. The SMILES string of the molecule is O=S(=O)(c1cc(CCl)cs1)N1CCc2ccc(F)cc21. The maximum atomic E-state index is 13.3. The van der Waals surface area contributed by atoms with Crippen molar-refractivity contribution in [2.24, 2.45) is 0 Å². The lowest BCUT2D eigenvalue weighted by Crippen LogP contribution is -2.28. The predicted molar refractivity (Wildman–Crippen MR) is 78.5 cm³/mol. The molecule has 3 rings (SSSR count). The van der Waals surface area contributed by atoms with Crippen molar-refractivity contribution in [1.82, 2.24) is 0 Å². The van der Waals surface area contributed by atoms with Crippen LogP contribution in [0.5, 0.6) is 0 Å². The first-order chi connectivity index (χ1) is 9.52. The second-order valence-corrected chi connectivity index (χ2v) is 7.78. The number of thiophene rings is 1. The van der Waals surface area contributed by atoms with Gasteiger partial charge in [-0.1, -0.05) is 6.07 Å². The van der Waals surface area contributed by atoms with E-state index < -0.39 is 15.8 Å². The first kappa shape index (κ1) is 13.9. The maximum Gasteiger partial charge on any atom is 0.273 e. The number of nitrogens with zero attached hydrogens (tertiary/aromatic N) is 1. The standard InChI is InChI=1S/C13H11ClFNO2S2/c14-7-9-5-13(19-8-9)20(17,18)16-4-3-10-1-2-11(15)6-12(10)16/h1-2,5-6,8H,3-4,7H2. The number of sulfonamides is 1. The molecule has 0 N–H and O–H groups in total. The summed E-state index contributed by atoms with van der Waals surface area (Å²) in [4.78, 5) is 0. The molecule has 20 heavy (non-hydrogen) atoms. The van der Waals surface area contributed by atoms with E-state index in [1.165, 1.54) is 16.4 Å². The molecule has 0 amide bonds. The third kappa shape index (κ3) is 2.21. The summed E-state index contributed by atoms with van der Waals surface area (Å²) in [5.41, 5.74) is 2.06. The average Bonchev–Trinajstić information content (AvgIpc) is 3.05. The molecule has 0 atom stereocenters. The number of rotatable bonds is 3. The summed E-state index contributed by atoms with van der Waals surface area (Å²) in [7, 11) is -3.63. The minimum atomic E-state index is -3.63. The Morgan fingerprint density at radius 3 is 2.85 bits per heavy atom. The van der Waals surface area contributed by atoms with Crippen LogP contribution in [0.1, 0.15) is 11.1 Å². The second kappa shape index (κ2) is 5.02. The second-order valence-electron chi connectivity index (χ2n) is 4.51. The Labute approximate surface area is 125 Å². The highest BCUT2D eigenvalue weighted by Gasteiger charge is 2.32. The molecule has 2 aromatic rings. The van der Waals surface area contributed by atoms with Gasteiger partial charge in [0.2, 0.25) is 0 Å². The van der Waals surface area contributed by atoms with Gasteiger partial charge in [-0.05, 0) is 41.1 Å². The molecule has 1 aliphatic rings. The fourth-order valence-electron chi connectivity index (χ4n) is 2.24. The first-order valence-corrected chi connectivity index (χ1v) is 8.82. The van der Waals surface area contributed by atoms with Gasteiger partial charge in [0.1, 0.15) is 10.0 Å². The number of anilines is 1. The molecule has 0 unspecified atom stereocenters. The monoisotopic (exact) mass is 331 g/mol. The summed E-state index contributed by atoms with van der Waals surface area (Å²) >= 11 is 6.84. The van der Waals surface area contributed by atoms with E-state index >= 15 is 0 Å². The molecular formula is C13H11ClFNO2S2. The van der Waals surface area contributed by atoms with Gasteiger partial charge in [-0.2, -0.15) is 0 Å². The number of benzene rings is 1. The molecule has 2 heterocycles. The zero-order valence-electron chi connectivity index (χ0n) is 10.3. The Morgan fingerprint density at radius 2 is 2.15 bits per heavy atom. The van der Waals surface area contributed by atoms with Crippen molar-refractivity contribution < 1.29 is 12.8 Å². The van der Waals surface area contributed by atoms with Crippen LogP contribution in [0.15, 0.2) is 33.9 Å². The van der Waals surface area contributed by atoms with Crippen LogP contribution in [0.2, 0.25) is 0 Å². The van der Waals surface area contributed by atoms with Crippen molar-refractivity contribution in [3.8, 4) is 0 Å². The summed E-state index contributed by atoms with van der Waals surface area (Å²) in [5.74, 6) is -0.157. The Bertz CT molecular complexity index is 757. The molecule has 1 aliphatic heterocycles. The summed E-state index contributed by atoms with van der Waals surface area (Å²) < 4.78 is 40.1. The van der Waals surface area contributed by atoms with Crippen molar-refractivity contribution in [3.63, 3.8) is 0 Å². The Morgan fingerprint density at radius 1 is 1.35 bits per heavy atom. The molecule has 0 aliphatic carbocycles. The Hall–Kier alpha value is -1.11. The number of alkyl halides is 1. The Kier molecular flexibility index (Phi) is 3.48.